The number of hydrogen-bond donors (Lipinski definition) is 0. The second kappa shape index (κ2) is 12.3. The number of allylic oxidation sites excluding steroid dienone is 9. The monoisotopic (exact) mass is 362 g/mol. The summed E-state index contributed by atoms with van der Waals surface area (Å²) in [4.78, 5) is 0. The van der Waals surface area contributed by atoms with Crippen molar-refractivity contribution in [1.29, 1.82) is 0 Å². The Hall–Kier alpha value is -2.08. The van der Waals surface area contributed by atoms with Gasteiger partial charge in [0.1, 0.15) is 0 Å². The third kappa shape index (κ3) is 6.86. The quantitative estimate of drug-likeness (QED) is 0.426. The lowest BCUT2D eigenvalue weighted by Crippen LogP contribution is -1.99. The summed E-state index contributed by atoms with van der Waals surface area (Å²) in [6, 6.07) is 6.89. The first-order valence-corrected chi connectivity index (χ1v) is 10.7. The van der Waals surface area contributed by atoms with Crippen molar-refractivity contribution >= 4 is 11.1 Å². The maximum absolute atomic E-state index is 4.30. The zero-order chi connectivity index (χ0) is 20.2. The van der Waals surface area contributed by atoms with Crippen molar-refractivity contribution in [3.8, 4) is 0 Å². The van der Waals surface area contributed by atoms with Crippen LogP contribution in [0.25, 0.3) is 11.1 Å². The number of aryl methyl sites for hydroxylation is 1. The minimum absolute atomic E-state index is 0.698. The highest BCUT2D eigenvalue weighted by atomic mass is 14.1. The molecule has 0 heteroatoms. The second-order valence-corrected chi connectivity index (χ2v) is 6.77. The third-order valence-electron chi connectivity index (χ3n) is 5.10. The lowest BCUT2D eigenvalue weighted by atomic mass is 9.89. The van der Waals surface area contributed by atoms with Gasteiger partial charge in [-0.1, -0.05) is 95.4 Å². The van der Waals surface area contributed by atoms with Gasteiger partial charge in [-0.15, -0.1) is 0 Å². The molecule has 1 aromatic rings. The summed E-state index contributed by atoms with van der Waals surface area (Å²) in [6.45, 7) is 17.1. The molecular formula is C27H38. The van der Waals surface area contributed by atoms with E-state index in [-0.39, 0.29) is 0 Å². The predicted molar refractivity (Wildman–Crippen MR) is 125 cm³/mol. The lowest BCUT2D eigenvalue weighted by molar-refractivity contribution is 0.634. The molecule has 0 amide bonds. The van der Waals surface area contributed by atoms with Crippen molar-refractivity contribution in [2.75, 3.05) is 0 Å². The Morgan fingerprint density at radius 3 is 2.37 bits per heavy atom. The standard InChI is InChI=1S/C25H32.C2H6/c1-6-20(7-2)11-10-19(5)24-16-22(9-4)17-25(18-24)23-14-12-21(8-3)13-15-23;1-2/h6,10-12,14-18,21H,5,7-9,13H2,1-4H3;1-2H3/b11-10-,20-6-;. The van der Waals surface area contributed by atoms with Crippen molar-refractivity contribution < 1.29 is 0 Å². The van der Waals surface area contributed by atoms with Gasteiger partial charge >= 0.3 is 0 Å². The van der Waals surface area contributed by atoms with Gasteiger partial charge in [0, 0.05) is 0 Å². The van der Waals surface area contributed by atoms with Crippen molar-refractivity contribution in [3.05, 3.63) is 83.5 Å². The van der Waals surface area contributed by atoms with E-state index < -0.39 is 0 Å². The van der Waals surface area contributed by atoms with Crippen molar-refractivity contribution in [2.24, 2.45) is 5.92 Å². The summed E-state index contributed by atoms with van der Waals surface area (Å²) in [6.07, 6.45) is 18.0. The van der Waals surface area contributed by atoms with E-state index in [1.165, 1.54) is 34.3 Å². The largest absolute Gasteiger partial charge is 0.0912 e. The Kier molecular flexibility index (Phi) is 10.5. The van der Waals surface area contributed by atoms with Gasteiger partial charge in [0.15, 0.2) is 0 Å². The fourth-order valence-electron chi connectivity index (χ4n) is 3.15. The summed E-state index contributed by atoms with van der Waals surface area (Å²) in [5, 5.41) is 0. The van der Waals surface area contributed by atoms with E-state index in [1.807, 2.05) is 13.8 Å². The van der Waals surface area contributed by atoms with E-state index in [1.54, 1.807) is 0 Å². The van der Waals surface area contributed by atoms with Crippen LogP contribution in [0.15, 0.2) is 66.8 Å². The van der Waals surface area contributed by atoms with Crippen LogP contribution in [-0.4, -0.2) is 0 Å². The van der Waals surface area contributed by atoms with Gasteiger partial charge in [-0.3, -0.25) is 0 Å². The molecule has 146 valence electrons. The van der Waals surface area contributed by atoms with Gasteiger partial charge in [-0.2, -0.15) is 0 Å². The van der Waals surface area contributed by atoms with E-state index >= 15 is 0 Å². The number of benzene rings is 1. The van der Waals surface area contributed by atoms with Crippen LogP contribution in [0.4, 0.5) is 0 Å². The van der Waals surface area contributed by atoms with Gasteiger partial charge in [-0.25, -0.2) is 0 Å². The van der Waals surface area contributed by atoms with Gasteiger partial charge in [0.05, 0.1) is 0 Å². The van der Waals surface area contributed by atoms with Gasteiger partial charge < -0.3 is 0 Å². The molecule has 0 spiro atoms. The third-order valence-corrected chi connectivity index (χ3v) is 5.10. The molecule has 0 fully saturated rings. The second-order valence-electron chi connectivity index (χ2n) is 6.77. The molecule has 0 N–H and O–H groups in total. The minimum Gasteiger partial charge on any atom is -0.0912 e. The van der Waals surface area contributed by atoms with E-state index in [2.05, 4.69) is 88.9 Å². The lowest BCUT2D eigenvalue weighted by Gasteiger charge is -2.16. The van der Waals surface area contributed by atoms with Crippen LogP contribution in [0.5, 0.6) is 0 Å². The molecule has 0 aliphatic heterocycles. The maximum atomic E-state index is 4.30. The Bertz CT molecular complexity index is 722. The van der Waals surface area contributed by atoms with Crippen LogP contribution >= 0.6 is 0 Å². The van der Waals surface area contributed by atoms with E-state index in [0.717, 1.165) is 24.8 Å². The van der Waals surface area contributed by atoms with Crippen LogP contribution in [0.2, 0.25) is 0 Å². The summed E-state index contributed by atoms with van der Waals surface area (Å²) >= 11 is 0. The molecule has 0 aromatic heterocycles. The number of rotatable bonds is 7. The highest BCUT2D eigenvalue weighted by Crippen LogP contribution is 2.29. The molecule has 1 unspecified atom stereocenters. The van der Waals surface area contributed by atoms with Crippen LogP contribution in [-0.2, 0) is 6.42 Å². The molecule has 0 radical (unpaired) electrons. The molecule has 0 heterocycles. The fourth-order valence-corrected chi connectivity index (χ4v) is 3.15. The van der Waals surface area contributed by atoms with Gasteiger partial charge in [-0.05, 0) is 72.4 Å². The Balaban J connectivity index is 0.00000176. The fraction of sp³-hybridized carbons (Fsp3) is 0.407. The molecular weight excluding hydrogens is 324 g/mol. The van der Waals surface area contributed by atoms with E-state index in [4.69, 9.17) is 0 Å². The van der Waals surface area contributed by atoms with Crippen molar-refractivity contribution in [1.82, 2.24) is 0 Å². The van der Waals surface area contributed by atoms with Crippen LogP contribution in [0.3, 0.4) is 0 Å². The molecule has 0 nitrogen and oxygen atoms in total. The minimum atomic E-state index is 0.698. The molecule has 1 aromatic carbocycles. The summed E-state index contributed by atoms with van der Waals surface area (Å²) in [5.41, 5.74) is 7.68. The van der Waals surface area contributed by atoms with Crippen molar-refractivity contribution in [2.45, 2.75) is 67.2 Å². The number of hydrogen-bond acceptors (Lipinski definition) is 0. The average molecular weight is 363 g/mol. The average Bonchev–Trinajstić information content (AvgIpc) is 2.75. The molecule has 2 rings (SSSR count). The summed E-state index contributed by atoms with van der Waals surface area (Å²) in [7, 11) is 0. The van der Waals surface area contributed by atoms with E-state index in [9.17, 15) is 0 Å². The summed E-state index contributed by atoms with van der Waals surface area (Å²) in [5.74, 6) is 0.698. The van der Waals surface area contributed by atoms with Crippen LogP contribution < -0.4 is 0 Å². The maximum Gasteiger partial charge on any atom is -0.0178 e. The SMILES string of the molecule is C=C(/C=C\C(=C/C)CC)c1cc(CC)cc(C2=CCC(CC)C=C2)c1.CC. The summed E-state index contributed by atoms with van der Waals surface area (Å²) < 4.78 is 0. The topological polar surface area (TPSA) is 0 Å². The molecule has 0 bridgehead atoms. The van der Waals surface area contributed by atoms with Gasteiger partial charge in [0.2, 0.25) is 0 Å². The molecule has 1 aliphatic rings. The Morgan fingerprint density at radius 1 is 1.11 bits per heavy atom. The molecule has 0 saturated carbocycles. The van der Waals surface area contributed by atoms with Gasteiger partial charge in [0.25, 0.3) is 0 Å². The van der Waals surface area contributed by atoms with Crippen molar-refractivity contribution in [3.63, 3.8) is 0 Å². The molecule has 27 heavy (non-hydrogen) atoms. The first-order chi connectivity index (χ1) is 13.1. The molecule has 1 aliphatic carbocycles. The zero-order valence-electron chi connectivity index (χ0n) is 18.3. The molecule has 0 saturated heterocycles. The zero-order valence-corrected chi connectivity index (χ0v) is 18.3. The Morgan fingerprint density at radius 2 is 1.85 bits per heavy atom. The smallest absolute Gasteiger partial charge is 0.0178 e. The normalized spacial score (nSPS) is 16.7. The highest BCUT2D eigenvalue weighted by molar-refractivity contribution is 5.80. The Labute approximate surface area is 168 Å². The van der Waals surface area contributed by atoms with Crippen LogP contribution in [0.1, 0.15) is 77.5 Å². The molecule has 1 atom stereocenters. The first kappa shape index (κ1) is 23.0. The first-order valence-electron chi connectivity index (χ1n) is 10.7. The van der Waals surface area contributed by atoms with E-state index in [0.29, 0.717) is 5.92 Å². The van der Waals surface area contributed by atoms with Crippen LogP contribution in [0, 0.1) is 5.92 Å². The highest BCUT2D eigenvalue weighted by Gasteiger charge is 2.10. The predicted octanol–water partition coefficient (Wildman–Crippen LogP) is 8.57.